The van der Waals surface area contributed by atoms with Crippen LogP contribution in [0.3, 0.4) is 0 Å². The molecule has 2 atom stereocenters. The minimum Gasteiger partial charge on any atom is -0.326 e. The summed E-state index contributed by atoms with van der Waals surface area (Å²) in [6.45, 7) is 2.17. The molecule has 3 heterocycles. The largest absolute Gasteiger partial charge is 0.326 e. The summed E-state index contributed by atoms with van der Waals surface area (Å²) in [6.07, 6.45) is 9.42. The molecule has 0 bridgehead atoms. The summed E-state index contributed by atoms with van der Waals surface area (Å²) in [5.74, 6) is -0.363. The zero-order valence-corrected chi connectivity index (χ0v) is 16.3. The summed E-state index contributed by atoms with van der Waals surface area (Å²) in [4.78, 5) is 12.6. The second-order valence-corrected chi connectivity index (χ2v) is 7.79. The molecule has 0 N–H and O–H groups in total. The monoisotopic (exact) mass is 395 g/mol. The standard InChI is InChI=1S/C24H18FN5/c1-24(19-4-2-3-17(8-19)18-11-27-14-28-12-18)9-22(30-15-29-13-23(24)30)20-6-5-16(10-26)7-21(20)25/h2-8,11-15,22H,9H2,1H3/t22-,24?/m1/s1. The van der Waals surface area contributed by atoms with E-state index in [1.54, 1.807) is 30.9 Å². The third-order valence-corrected chi connectivity index (χ3v) is 6.05. The lowest BCUT2D eigenvalue weighted by Crippen LogP contribution is -2.20. The normalized spacial score (nSPS) is 20.0. The maximum Gasteiger partial charge on any atom is 0.129 e. The molecule has 6 heteroatoms. The summed E-state index contributed by atoms with van der Waals surface area (Å²) < 4.78 is 16.9. The van der Waals surface area contributed by atoms with Crippen molar-refractivity contribution in [3.05, 3.63) is 102 Å². The van der Waals surface area contributed by atoms with E-state index >= 15 is 0 Å². The summed E-state index contributed by atoms with van der Waals surface area (Å²) in [7, 11) is 0. The minimum atomic E-state index is -0.363. The number of nitrogens with zero attached hydrogens (tertiary/aromatic N) is 5. The molecular formula is C24H18FN5. The van der Waals surface area contributed by atoms with Gasteiger partial charge in [-0.25, -0.2) is 19.3 Å². The maximum absolute atomic E-state index is 14.8. The van der Waals surface area contributed by atoms with Gasteiger partial charge in [-0.1, -0.05) is 30.3 Å². The summed E-state index contributed by atoms with van der Waals surface area (Å²) in [5.41, 5.74) is 4.70. The van der Waals surface area contributed by atoms with Crippen molar-refractivity contribution in [1.29, 1.82) is 5.26 Å². The van der Waals surface area contributed by atoms with Crippen molar-refractivity contribution in [2.45, 2.75) is 24.8 Å². The van der Waals surface area contributed by atoms with Gasteiger partial charge in [-0.15, -0.1) is 0 Å². The molecule has 2 aromatic heterocycles. The highest BCUT2D eigenvalue weighted by Crippen LogP contribution is 2.48. The topological polar surface area (TPSA) is 67.4 Å². The zero-order valence-electron chi connectivity index (χ0n) is 16.3. The van der Waals surface area contributed by atoms with Crippen molar-refractivity contribution >= 4 is 0 Å². The van der Waals surface area contributed by atoms with Crippen molar-refractivity contribution in [3.8, 4) is 17.2 Å². The Kier molecular flexibility index (Phi) is 4.18. The van der Waals surface area contributed by atoms with Gasteiger partial charge in [-0.3, -0.25) is 0 Å². The van der Waals surface area contributed by atoms with Gasteiger partial charge >= 0.3 is 0 Å². The van der Waals surface area contributed by atoms with Crippen LogP contribution in [0, 0.1) is 17.1 Å². The van der Waals surface area contributed by atoms with E-state index in [0.717, 1.165) is 22.4 Å². The summed E-state index contributed by atoms with van der Waals surface area (Å²) in [5, 5.41) is 9.05. The zero-order chi connectivity index (χ0) is 20.7. The second kappa shape index (κ2) is 6.89. The lowest BCUT2D eigenvalue weighted by atomic mass is 9.76. The number of rotatable bonds is 3. The van der Waals surface area contributed by atoms with Gasteiger partial charge in [0, 0.05) is 40.8 Å². The van der Waals surface area contributed by atoms with Gasteiger partial charge in [0.05, 0.1) is 24.0 Å². The van der Waals surface area contributed by atoms with Crippen LogP contribution < -0.4 is 0 Å². The highest BCUT2D eigenvalue weighted by molar-refractivity contribution is 5.63. The van der Waals surface area contributed by atoms with Gasteiger partial charge in [-0.05, 0) is 36.6 Å². The molecule has 5 nitrogen and oxygen atoms in total. The van der Waals surface area contributed by atoms with Crippen LogP contribution in [-0.2, 0) is 5.41 Å². The molecule has 0 fully saturated rings. The molecule has 0 radical (unpaired) electrons. The van der Waals surface area contributed by atoms with Crippen molar-refractivity contribution in [3.63, 3.8) is 0 Å². The highest BCUT2D eigenvalue weighted by Gasteiger charge is 2.43. The smallest absolute Gasteiger partial charge is 0.129 e. The second-order valence-electron chi connectivity index (χ2n) is 7.79. The number of aromatic nitrogens is 4. The average Bonchev–Trinajstić information content (AvgIpc) is 3.38. The SMILES string of the molecule is CC1(c2cccc(-c3cncnc3)c2)C[C@H](c2ccc(C#N)cc2F)n2cncc21. The van der Waals surface area contributed by atoms with E-state index < -0.39 is 0 Å². The predicted octanol–water partition coefficient (Wildman–Crippen LogP) is 4.65. The predicted molar refractivity (Wildman–Crippen MR) is 110 cm³/mol. The van der Waals surface area contributed by atoms with E-state index in [1.165, 1.54) is 12.4 Å². The van der Waals surface area contributed by atoms with Gasteiger partial charge in [0.25, 0.3) is 0 Å². The van der Waals surface area contributed by atoms with Crippen molar-refractivity contribution < 1.29 is 4.39 Å². The van der Waals surface area contributed by atoms with E-state index in [4.69, 9.17) is 5.26 Å². The van der Waals surface area contributed by atoms with E-state index in [2.05, 4.69) is 34.0 Å². The van der Waals surface area contributed by atoms with Crippen molar-refractivity contribution in [2.24, 2.45) is 0 Å². The van der Waals surface area contributed by atoms with Gasteiger partial charge in [0.2, 0.25) is 0 Å². The molecule has 146 valence electrons. The third-order valence-electron chi connectivity index (χ3n) is 6.05. The fourth-order valence-corrected chi connectivity index (χ4v) is 4.45. The van der Waals surface area contributed by atoms with Gasteiger partial charge in [0.1, 0.15) is 12.1 Å². The first-order valence-electron chi connectivity index (χ1n) is 9.68. The quantitative estimate of drug-likeness (QED) is 0.506. The molecule has 4 aromatic rings. The Labute approximate surface area is 173 Å². The van der Waals surface area contributed by atoms with Crippen LogP contribution in [-0.4, -0.2) is 19.5 Å². The molecule has 1 aliphatic rings. The Balaban J connectivity index is 1.59. The number of hydrogen-bond acceptors (Lipinski definition) is 4. The molecular weight excluding hydrogens is 377 g/mol. The van der Waals surface area contributed by atoms with Gasteiger partial charge in [0.15, 0.2) is 0 Å². The lowest BCUT2D eigenvalue weighted by molar-refractivity contribution is 0.493. The first kappa shape index (κ1) is 18.2. The number of halogens is 1. The Morgan fingerprint density at radius 1 is 1.07 bits per heavy atom. The molecule has 0 saturated carbocycles. The third kappa shape index (κ3) is 2.79. The van der Waals surface area contributed by atoms with Crippen LogP contribution in [0.25, 0.3) is 11.1 Å². The Bertz CT molecular complexity index is 1270. The van der Waals surface area contributed by atoms with Crippen LogP contribution in [0.5, 0.6) is 0 Å². The summed E-state index contributed by atoms with van der Waals surface area (Å²) >= 11 is 0. The minimum absolute atomic E-state index is 0.191. The van der Waals surface area contributed by atoms with Crippen LogP contribution >= 0.6 is 0 Å². The fourth-order valence-electron chi connectivity index (χ4n) is 4.45. The molecule has 0 aliphatic carbocycles. The van der Waals surface area contributed by atoms with Gasteiger partial charge < -0.3 is 4.57 Å². The first-order valence-corrected chi connectivity index (χ1v) is 9.68. The van der Waals surface area contributed by atoms with E-state index in [1.807, 2.05) is 29.0 Å². The molecule has 0 amide bonds. The number of imidazole rings is 1. The molecule has 0 spiro atoms. The molecule has 2 aromatic carbocycles. The summed E-state index contributed by atoms with van der Waals surface area (Å²) in [6, 6.07) is 14.8. The fraction of sp³-hybridized carbons (Fsp3) is 0.167. The van der Waals surface area contributed by atoms with Crippen LogP contribution in [0.2, 0.25) is 0 Å². The van der Waals surface area contributed by atoms with E-state index in [9.17, 15) is 4.39 Å². The molecule has 30 heavy (non-hydrogen) atoms. The number of hydrogen-bond donors (Lipinski definition) is 0. The molecule has 1 aliphatic heterocycles. The Hall–Kier alpha value is -3.85. The number of benzene rings is 2. The first-order chi connectivity index (χ1) is 14.6. The van der Waals surface area contributed by atoms with E-state index in [-0.39, 0.29) is 17.3 Å². The molecule has 0 saturated heterocycles. The molecule has 5 rings (SSSR count). The Morgan fingerprint density at radius 3 is 2.67 bits per heavy atom. The van der Waals surface area contributed by atoms with Crippen LogP contribution in [0.15, 0.2) is 73.7 Å². The number of nitriles is 1. The van der Waals surface area contributed by atoms with Crippen molar-refractivity contribution in [2.75, 3.05) is 0 Å². The van der Waals surface area contributed by atoms with Gasteiger partial charge in [-0.2, -0.15) is 5.26 Å². The van der Waals surface area contributed by atoms with Crippen LogP contribution in [0.4, 0.5) is 4.39 Å². The van der Waals surface area contributed by atoms with Crippen molar-refractivity contribution in [1.82, 2.24) is 19.5 Å². The molecule has 1 unspecified atom stereocenters. The van der Waals surface area contributed by atoms with Crippen LogP contribution in [0.1, 0.15) is 41.8 Å². The number of fused-ring (bicyclic) bond motifs is 1. The maximum atomic E-state index is 14.8. The average molecular weight is 395 g/mol. The Morgan fingerprint density at radius 2 is 1.90 bits per heavy atom. The highest BCUT2D eigenvalue weighted by atomic mass is 19.1. The lowest BCUT2D eigenvalue weighted by Gasteiger charge is -2.25. The van der Waals surface area contributed by atoms with E-state index in [0.29, 0.717) is 17.5 Å².